The third-order valence-corrected chi connectivity index (χ3v) is 4.94. The summed E-state index contributed by atoms with van der Waals surface area (Å²) in [5, 5.41) is 2.91. The van der Waals surface area contributed by atoms with Crippen molar-refractivity contribution < 1.29 is 27.8 Å². The van der Waals surface area contributed by atoms with Crippen molar-refractivity contribution in [1.82, 2.24) is 0 Å². The average molecular weight is 436 g/mol. The van der Waals surface area contributed by atoms with Gasteiger partial charge in [0, 0.05) is 5.69 Å². The number of amides is 2. The highest BCUT2D eigenvalue weighted by Gasteiger charge is 2.40. The predicted molar refractivity (Wildman–Crippen MR) is 115 cm³/mol. The molecule has 0 spiro atoms. The molecule has 2 amide bonds. The minimum Gasteiger partial charge on any atom is -0.493 e. The molecule has 1 aliphatic rings. The van der Waals surface area contributed by atoms with Gasteiger partial charge in [-0.3, -0.25) is 9.59 Å². The van der Waals surface area contributed by atoms with Crippen LogP contribution in [0.2, 0.25) is 0 Å². The molecule has 6 nitrogen and oxygen atoms in total. The van der Waals surface area contributed by atoms with Gasteiger partial charge in [0.15, 0.2) is 11.5 Å². The van der Waals surface area contributed by atoms with Gasteiger partial charge >= 0.3 is 0 Å². The number of nitrogens with one attached hydrogen (secondary N) is 1. The molecular weight excluding hydrogens is 418 g/mol. The van der Waals surface area contributed by atoms with E-state index in [0.717, 1.165) is 11.0 Å². The van der Waals surface area contributed by atoms with Gasteiger partial charge in [-0.05, 0) is 60.2 Å². The van der Waals surface area contributed by atoms with E-state index >= 15 is 0 Å². The third kappa shape index (κ3) is 3.78. The highest BCUT2D eigenvalue weighted by atomic mass is 19.1. The van der Waals surface area contributed by atoms with E-state index < -0.39 is 23.4 Å². The number of hydrogen-bond acceptors (Lipinski definition) is 5. The van der Waals surface area contributed by atoms with Crippen molar-refractivity contribution in [2.45, 2.75) is 0 Å². The Bertz CT molecular complexity index is 1240. The molecule has 8 heteroatoms. The fraction of sp³-hybridized carbons (Fsp3) is 0.0833. The van der Waals surface area contributed by atoms with Crippen molar-refractivity contribution in [3.05, 3.63) is 89.6 Å². The maximum Gasteiger partial charge on any atom is 0.282 e. The number of ether oxygens (including phenoxy) is 2. The standard InChI is InChI=1S/C24H18F2N2O4/c1-31-19-11-6-14(12-20(19)32-2)21-22(27-17-9-7-15(25)8-10-17)24(30)28(23(21)29)18-5-3-4-16(26)13-18/h3-13,27H,1-2H3. The Morgan fingerprint density at radius 1 is 0.781 bits per heavy atom. The van der Waals surface area contributed by atoms with E-state index in [1.807, 2.05) is 0 Å². The summed E-state index contributed by atoms with van der Waals surface area (Å²) in [7, 11) is 2.93. The lowest BCUT2D eigenvalue weighted by atomic mass is 10.0. The van der Waals surface area contributed by atoms with Crippen LogP contribution in [0.25, 0.3) is 5.57 Å². The SMILES string of the molecule is COc1ccc(C2=C(Nc3ccc(F)cc3)C(=O)N(c3cccc(F)c3)C2=O)cc1OC. The van der Waals surface area contributed by atoms with Gasteiger partial charge in [-0.1, -0.05) is 12.1 Å². The zero-order chi connectivity index (χ0) is 22.8. The van der Waals surface area contributed by atoms with Crippen LogP contribution in [0.15, 0.2) is 72.4 Å². The third-order valence-electron chi connectivity index (χ3n) is 4.94. The summed E-state index contributed by atoms with van der Waals surface area (Å²) in [6.45, 7) is 0. The summed E-state index contributed by atoms with van der Waals surface area (Å²) in [5.74, 6) is -1.53. The molecule has 3 aromatic rings. The molecule has 1 N–H and O–H groups in total. The summed E-state index contributed by atoms with van der Waals surface area (Å²) in [4.78, 5) is 27.6. The molecule has 0 unspecified atom stereocenters. The van der Waals surface area contributed by atoms with E-state index in [0.29, 0.717) is 22.7 Å². The van der Waals surface area contributed by atoms with Gasteiger partial charge in [0.2, 0.25) is 0 Å². The van der Waals surface area contributed by atoms with Gasteiger partial charge < -0.3 is 14.8 Å². The van der Waals surface area contributed by atoms with Crippen LogP contribution < -0.4 is 19.7 Å². The van der Waals surface area contributed by atoms with Crippen LogP contribution in [0.3, 0.4) is 0 Å². The molecule has 0 radical (unpaired) electrons. The Hall–Kier alpha value is -4.20. The summed E-state index contributed by atoms with van der Waals surface area (Å²) in [6.07, 6.45) is 0. The molecule has 4 rings (SSSR count). The summed E-state index contributed by atoms with van der Waals surface area (Å²) >= 11 is 0. The van der Waals surface area contributed by atoms with E-state index in [1.54, 1.807) is 18.2 Å². The van der Waals surface area contributed by atoms with E-state index in [4.69, 9.17) is 9.47 Å². The highest BCUT2D eigenvalue weighted by Crippen LogP contribution is 2.37. The first-order chi connectivity index (χ1) is 15.4. The maximum atomic E-state index is 13.8. The van der Waals surface area contributed by atoms with Crippen LogP contribution in [0.1, 0.15) is 5.56 Å². The van der Waals surface area contributed by atoms with Crippen molar-refractivity contribution in [2.75, 3.05) is 24.4 Å². The molecule has 0 aromatic heterocycles. The van der Waals surface area contributed by atoms with Crippen LogP contribution in [0.4, 0.5) is 20.2 Å². The average Bonchev–Trinajstić information content (AvgIpc) is 3.04. The number of carbonyl (C=O) groups is 2. The number of imide groups is 1. The fourth-order valence-corrected chi connectivity index (χ4v) is 3.43. The Balaban J connectivity index is 1.85. The van der Waals surface area contributed by atoms with Crippen LogP contribution in [0, 0.1) is 11.6 Å². The molecule has 1 aliphatic heterocycles. The highest BCUT2D eigenvalue weighted by molar-refractivity contribution is 6.46. The Morgan fingerprint density at radius 2 is 1.50 bits per heavy atom. The van der Waals surface area contributed by atoms with Crippen molar-refractivity contribution in [1.29, 1.82) is 0 Å². The lowest BCUT2D eigenvalue weighted by molar-refractivity contribution is -0.120. The lowest BCUT2D eigenvalue weighted by Gasteiger charge is -2.15. The first kappa shape index (κ1) is 21.0. The molecule has 0 aliphatic carbocycles. The van der Waals surface area contributed by atoms with Crippen molar-refractivity contribution in [3.8, 4) is 11.5 Å². The summed E-state index contributed by atoms with van der Waals surface area (Å²) < 4.78 is 37.7. The second kappa shape index (κ2) is 8.50. The molecule has 3 aromatic carbocycles. The second-order valence-corrected chi connectivity index (χ2v) is 6.88. The topological polar surface area (TPSA) is 67.9 Å². The first-order valence-corrected chi connectivity index (χ1v) is 9.56. The number of hydrogen-bond donors (Lipinski definition) is 1. The molecule has 32 heavy (non-hydrogen) atoms. The Morgan fingerprint density at radius 3 is 2.16 bits per heavy atom. The monoisotopic (exact) mass is 436 g/mol. The molecular formula is C24H18F2N2O4. The predicted octanol–water partition coefficient (Wildman–Crippen LogP) is 4.38. The number of nitrogens with zero attached hydrogens (tertiary/aromatic N) is 1. The van der Waals surface area contributed by atoms with Crippen LogP contribution >= 0.6 is 0 Å². The number of halogens is 2. The van der Waals surface area contributed by atoms with E-state index in [-0.39, 0.29) is 17.0 Å². The summed E-state index contributed by atoms with van der Waals surface area (Å²) in [6, 6.07) is 15.3. The Labute approximate surface area is 182 Å². The fourth-order valence-electron chi connectivity index (χ4n) is 3.43. The van der Waals surface area contributed by atoms with Gasteiger partial charge in [-0.25, -0.2) is 13.7 Å². The molecule has 162 valence electrons. The maximum absolute atomic E-state index is 13.8. The van der Waals surface area contributed by atoms with E-state index in [9.17, 15) is 18.4 Å². The molecule has 0 bridgehead atoms. The number of benzene rings is 3. The largest absolute Gasteiger partial charge is 0.493 e. The van der Waals surface area contributed by atoms with Gasteiger partial charge in [0.05, 0.1) is 25.5 Å². The van der Waals surface area contributed by atoms with Crippen molar-refractivity contribution in [2.24, 2.45) is 0 Å². The van der Waals surface area contributed by atoms with E-state index in [2.05, 4.69) is 5.32 Å². The van der Waals surface area contributed by atoms with Gasteiger partial charge in [-0.2, -0.15) is 0 Å². The van der Waals surface area contributed by atoms with Crippen molar-refractivity contribution >= 4 is 28.8 Å². The zero-order valence-corrected chi connectivity index (χ0v) is 17.2. The van der Waals surface area contributed by atoms with Gasteiger partial charge in [0.25, 0.3) is 11.8 Å². The van der Waals surface area contributed by atoms with Crippen LogP contribution in [0.5, 0.6) is 11.5 Å². The van der Waals surface area contributed by atoms with Crippen LogP contribution in [-0.2, 0) is 9.59 Å². The van der Waals surface area contributed by atoms with Gasteiger partial charge in [0.1, 0.15) is 17.3 Å². The second-order valence-electron chi connectivity index (χ2n) is 6.88. The lowest BCUT2D eigenvalue weighted by Crippen LogP contribution is -2.32. The van der Waals surface area contributed by atoms with Crippen LogP contribution in [-0.4, -0.2) is 26.0 Å². The summed E-state index contributed by atoms with van der Waals surface area (Å²) in [5.41, 5.74) is 0.919. The minimum atomic E-state index is -0.672. The molecule has 0 saturated heterocycles. The molecule has 1 heterocycles. The minimum absolute atomic E-state index is 0.0295. The number of methoxy groups -OCH3 is 2. The quantitative estimate of drug-likeness (QED) is 0.581. The number of rotatable bonds is 6. The van der Waals surface area contributed by atoms with E-state index in [1.165, 1.54) is 56.7 Å². The Kier molecular flexibility index (Phi) is 5.59. The molecule has 0 atom stereocenters. The van der Waals surface area contributed by atoms with Crippen molar-refractivity contribution in [3.63, 3.8) is 0 Å². The smallest absolute Gasteiger partial charge is 0.282 e. The van der Waals surface area contributed by atoms with Gasteiger partial charge in [-0.15, -0.1) is 0 Å². The number of carbonyl (C=O) groups excluding carboxylic acids is 2. The zero-order valence-electron chi connectivity index (χ0n) is 17.2. The normalized spacial score (nSPS) is 13.6. The molecule has 0 saturated carbocycles. The molecule has 0 fully saturated rings. The number of anilines is 2. The first-order valence-electron chi connectivity index (χ1n) is 9.56.